The Morgan fingerprint density at radius 3 is 2.30 bits per heavy atom. The highest BCUT2D eigenvalue weighted by Crippen LogP contribution is 2.30. The van der Waals surface area contributed by atoms with E-state index in [0.29, 0.717) is 0 Å². The van der Waals surface area contributed by atoms with Crippen LogP contribution in [0.4, 0.5) is 5.69 Å². The standard InChI is InChI=1S/C19H27N3O3S2/c1-15(20-27(3,23)24)19(18-5-4-14-26-18)22-12-10-21(11-13-22)16-6-8-17(25-2)9-7-16/h4-9,14-15,19-20H,10-13H2,1-3H3/t15-,19+/m0/s1. The highest BCUT2D eigenvalue weighted by Gasteiger charge is 2.31. The Bertz CT molecular complexity index is 814. The van der Waals surface area contributed by atoms with Crippen LogP contribution in [-0.2, 0) is 10.0 Å². The highest BCUT2D eigenvalue weighted by molar-refractivity contribution is 7.88. The van der Waals surface area contributed by atoms with Gasteiger partial charge in [-0.15, -0.1) is 11.3 Å². The van der Waals surface area contributed by atoms with Gasteiger partial charge in [-0.25, -0.2) is 13.1 Å². The van der Waals surface area contributed by atoms with Gasteiger partial charge in [0.25, 0.3) is 0 Å². The molecule has 1 N–H and O–H groups in total. The molecule has 0 amide bonds. The number of nitrogens with one attached hydrogen (secondary N) is 1. The second kappa shape index (κ2) is 8.60. The molecule has 0 bridgehead atoms. The lowest BCUT2D eigenvalue weighted by atomic mass is 10.1. The smallest absolute Gasteiger partial charge is 0.209 e. The number of rotatable bonds is 7. The van der Waals surface area contributed by atoms with E-state index in [1.807, 2.05) is 30.5 Å². The van der Waals surface area contributed by atoms with Crippen LogP contribution in [-0.4, -0.2) is 58.9 Å². The summed E-state index contributed by atoms with van der Waals surface area (Å²) in [7, 11) is -1.58. The van der Waals surface area contributed by atoms with Crippen molar-refractivity contribution in [2.24, 2.45) is 0 Å². The number of piperazine rings is 1. The Kier molecular flexibility index (Phi) is 6.41. The highest BCUT2D eigenvalue weighted by atomic mass is 32.2. The molecule has 2 heterocycles. The average Bonchev–Trinajstić information content (AvgIpc) is 3.15. The fraction of sp³-hybridized carbons (Fsp3) is 0.474. The van der Waals surface area contributed by atoms with Crippen LogP contribution in [0, 0.1) is 0 Å². The van der Waals surface area contributed by atoms with E-state index in [2.05, 4.69) is 32.7 Å². The maximum absolute atomic E-state index is 11.7. The second-order valence-corrected chi connectivity index (χ2v) is 9.62. The van der Waals surface area contributed by atoms with Crippen molar-refractivity contribution < 1.29 is 13.2 Å². The van der Waals surface area contributed by atoms with Gasteiger partial charge in [-0.1, -0.05) is 6.07 Å². The molecular weight excluding hydrogens is 382 g/mol. The van der Waals surface area contributed by atoms with Gasteiger partial charge in [0.1, 0.15) is 5.75 Å². The first-order valence-electron chi connectivity index (χ1n) is 9.01. The van der Waals surface area contributed by atoms with Gasteiger partial charge in [0.2, 0.25) is 10.0 Å². The lowest BCUT2D eigenvalue weighted by Crippen LogP contribution is -2.52. The molecule has 2 aromatic rings. The molecule has 0 spiro atoms. The fourth-order valence-electron chi connectivity index (χ4n) is 3.66. The van der Waals surface area contributed by atoms with Crippen LogP contribution in [0.15, 0.2) is 41.8 Å². The Morgan fingerprint density at radius 1 is 1.11 bits per heavy atom. The Hall–Kier alpha value is -1.61. The molecule has 1 aliphatic rings. The summed E-state index contributed by atoms with van der Waals surface area (Å²) in [6, 6.07) is 12.1. The van der Waals surface area contributed by atoms with Crippen molar-refractivity contribution in [3.8, 4) is 5.75 Å². The second-order valence-electron chi connectivity index (χ2n) is 6.86. The SMILES string of the molecule is COc1ccc(N2CCN([C@@H](c3cccs3)[C@H](C)NS(C)(=O)=O)CC2)cc1. The molecule has 2 atom stereocenters. The van der Waals surface area contributed by atoms with Crippen LogP contribution in [0.3, 0.4) is 0 Å². The van der Waals surface area contributed by atoms with Crippen LogP contribution in [0.1, 0.15) is 17.8 Å². The predicted octanol–water partition coefficient (Wildman–Crippen LogP) is 2.56. The molecule has 0 saturated carbocycles. The summed E-state index contributed by atoms with van der Waals surface area (Å²) in [6.45, 7) is 5.51. The minimum absolute atomic E-state index is 0.0396. The van der Waals surface area contributed by atoms with Gasteiger partial charge in [-0.2, -0.15) is 0 Å². The molecular formula is C19H27N3O3S2. The molecule has 1 aliphatic heterocycles. The van der Waals surface area contributed by atoms with Crippen LogP contribution in [0.2, 0.25) is 0 Å². The quantitative estimate of drug-likeness (QED) is 0.762. The molecule has 3 rings (SSSR count). The number of sulfonamides is 1. The van der Waals surface area contributed by atoms with Crippen molar-refractivity contribution in [1.29, 1.82) is 0 Å². The van der Waals surface area contributed by atoms with Gasteiger partial charge >= 0.3 is 0 Å². The van der Waals surface area contributed by atoms with E-state index in [1.165, 1.54) is 16.8 Å². The number of benzene rings is 1. The Balaban J connectivity index is 1.70. The van der Waals surface area contributed by atoms with Crippen molar-refractivity contribution in [2.45, 2.75) is 19.0 Å². The van der Waals surface area contributed by atoms with E-state index < -0.39 is 10.0 Å². The van der Waals surface area contributed by atoms with Crippen LogP contribution in [0.5, 0.6) is 5.75 Å². The first kappa shape index (κ1) is 20.1. The van der Waals surface area contributed by atoms with Crippen molar-refractivity contribution >= 4 is 27.0 Å². The van der Waals surface area contributed by atoms with Crippen LogP contribution >= 0.6 is 11.3 Å². The fourth-order valence-corrected chi connectivity index (χ4v) is 5.42. The predicted molar refractivity (Wildman–Crippen MR) is 111 cm³/mol. The first-order valence-corrected chi connectivity index (χ1v) is 11.8. The number of ether oxygens (including phenoxy) is 1. The molecule has 8 heteroatoms. The van der Waals surface area contributed by atoms with Gasteiger partial charge in [0.05, 0.1) is 19.4 Å². The number of hydrogen-bond donors (Lipinski definition) is 1. The van der Waals surface area contributed by atoms with E-state index in [9.17, 15) is 8.42 Å². The normalized spacial score (nSPS) is 18.3. The summed E-state index contributed by atoms with van der Waals surface area (Å²) in [5, 5.41) is 2.04. The summed E-state index contributed by atoms with van der Waals surface area (Å²) >= 11 is 1.68. The van der Waals surface area contributed by atoms with Gasteiger partial charge in [0, 0.05) is 42.8 Å². The zero-order chi connectivity index (χ0) is 19.4. The number of hydrogen-bond acceptors (Lipinski definition) is 6. The maximum Gasteiger partial charge on any atom is 0.209 e. The molecule has 27 heavy (non-hydrogen) atoms. The molecule has 6 nitrogen and oxygen atoms in total. The summed E-state index contributed by atoms with van der Waals surface area (Å²) in [4.78, 5) is 5.93. The van der Waals surface area contributed by atoms with Crippen LogP contribution < -0.4 is 14.4 Å². The van der Waals surface area contributed by atoms with Gasteiger partial charge in [-0.3, -0.25) is 4.90 Å². The number of thiophene rings is 1. The summed E-state index contributed by atoms with van der Waals surface area (Å²) in [6.07, 6.45) is 1.22. The monoisotopic (exact) mass is 409 g/mol. The van der Waals surface area contributed by atoms with Crippen molar-refractivity contribution in [2.75, 3.05) is 44.4 Å². The minimum Gasteiger partial charge on any atom is -0.497 e. The zero-order valence-corrected chi connectivity index (χ0v) is 17.6. The van der Waals surface area contributed by atoms with Crippen molar-refractivity contribution in [3.63, 3.8) is 0 Å². The van der Waals surface area contributed by atoms with Gasteiger partial charge in [-0.05, 0) is 42.6 Å². The molecule has 1 aromatic heterocycles. The van der Waals surface area contributed by atoms with E-state index >= 15 is 0 Å². The van der Waals surface area contributed by atoms with E-state index in [1.54, 1.807) is 18.4 Å². The van der Waals surface area contributed by atoms with E-state index in [4.69, 9.17) is 4.74 Å². The molecule has 148 valence electrons. The molecule has 0 radical (unpaired) electrons. The third-order valence-corrected chi connectivity index (χ3v) is 6.60. The molecule has 1 aromatic carbocycles. The third kappa shape index (κ3) is 5.22. The maximum atomic E-state index is 11.7. The summed E-state index contributed by atoms with van der Waals surface area (Å²) < 4.78 is 31.5. The Labute approximate surface area is 165 Å². The largest absolute Gasteiger partial charge is 0.497 e. The van der Waals surface area contributed by atoms with Gasteiger partial charge < -0.3 is 9.64 Å². The minimum atomic E-state index is -3.25. The average molecular weight is 410 g/mol. The topological polar surface area (TPSA) is 61.9 Å². The van der Waals surface area contributed by atoms with E-state index in [-0.39, 0.29) is 12.1 Å². The van der Waals surface area contributed by atoms with Crippen LogP contribution in [0.25, 0.3) is 0 Å². The number of nitrogens with zero attached hydrogens (tertiary/aromatic N) is 2. The summed E-state index contributed by atoms with van der Waals surface area (Å²) in [5.41, 5.74) is 1.19. The van der Waals surface area contributed by atoms with Gasteiger partial charge in [0.15, 0.2) is 0 Å². The zero-order valence-electron chi connectivity index (χ0n) is 16.0. The van der Waals surface area contributed by atoms with Crippen molar-refractivity contribution in [1.82, 2.24) is 9.62 Å². The molecule has 1 fully saturated rings. The molecule has 0 unspecified atom stereocenters. The first-order chi connectivity index (χ1) is 12.9. The number of anilines is 1. The summed E-state index contributed by atoms with van der Waals surface area (Å²) in [5.74, 6) is 0.857. The lowest BCUT2D eigenvalue weighted by molar-refractivity contribution is 0.164. The van der Waals surface area contributed by atoms with E-state index in [0.717, 1.165) is 31.9 Å². The number of methoxy groups -OCH3 is 1. The lowest BCUT2D eigenvalue weighted by Gasteiger charge is -2.42. The molecule has 1 saturated heterocycles. The molecule has 0 aliphatic carbocycles. The third-order valence-electron chi connectivity index (χ3n) is 4.85. The Morgan fingerprint density at radius 2 is 1.78 bits per heavy atom. The van der Waals surface area contributed by atoms with Crippen molar-refractivity contribution in [3.05, 3.63) is 46.7 Å².